The quantitative estimate of drug-likeness (QED) is 0.598. The molecule has 2 nitrogen and oxygen atoms in total. The average molecular weight is 146 g/mol. The highest BCUT2D eigenvalue weighted by molar-refractivity contribution is 5.74. The molecule has 11 heavy (non-hydrogen) atoms. The van der Waals surface area contributed by atoms with Gasteiger partial charge in [-0.05, 0) is 6.07 Å². The van der Waals surface area contributed by atoms with Crippen LogP contribution in [-0.4, -0.2) is 6.54 Å². The number of rotatable bonds is 0. The van der Waals surface area contributed by atoms with E-state index in [-0.39, 0.29) is 5.75 Å². The topological polar surface area (TPSA) is 31.9 Å². The summed E-state index contributed by atoms with van der Waals surface area (Å²) in [5.74, 6) is 0.0758. The van der Waals surface area contributed by atoms with Gasteiger partial charge in [0, 0.05) is 12.1 Å². The number of nitrogens with one attached hydrogen (secondary N) is 1. The molecule has 0 spiro atoms. The third-order valence-electron chi connectivity index (χ3n) is 1.75. The Kier molecular flexibility index (Phi) is 1.32. The smallest absolute Gasteiger partial charge is 0.202 e. The first-order valence-electron chi connectivity index (χ1n) is 3.58. The first-order chi connectivity index (χ1) is 5.38. The molecule has 1 heterocycles. The Labute approximate surface area is 65.2 Å². The first-order valence-corrected chi connectivity index (χ1v) is 3.58. The van der Waals surface area contributed by atoms with Gasteiger partial charge < -0.3 is 5.32 Å². The fraction of sp³-hybridized carbons (Fsp3) is 0.111. The highest BCUT2D eigenvalue weighted by Gasteiger charge is 2.07. The van der Waals surface area contributed by atoms with Gasteiger partial charge in [-0.3, -0.25) is 5.11 Å². The van der Waals surface area contributed by atoms with Crippen molar-refractivity contribution in [3.8, 4) is 5.75 Å². The van der Waals surface area contributed by atoms with Crippen LogP contribution in [0.25, 0.3) is 6.08 Å². The van der Waals surface area contributed by atoms with E-state index in [1.54, 1.807) is 12.1 Å². The Hall–Kier alpha value is -1.44. The van der Waals surface area contributed by atoms with Gasteiger partial charge in [-0.1, -0.05) is 24.3 Å². The number of hydrogen-bond donors (Lipinski definition) is 1. The highest BCUT2D eigenvalue weighted by atomic mass is 16.3. The molecule has 0 amide bonds. The lowest BCUT2D eigenvalue weighted by Gasteiger charge is -2.11. The van der Waals surface area contributed by atoms with Crippen molar-refractivity contribution in [2.75, 3.05) is 11.9 Å². The normalized spacial score (nSPS) is 13.8. The Bertz CT molecular complexity index is 304. The lowest BCUT2D eigenvalue weighted by atomic mass is 10.1. The number of hydrogen-bond acceptors (Lipinski definition) is 1. The molecule has 0 saturated heterocycles. The van der Waals surface area contributed by atoms with Gasteiger partial charge in [0.2, 0.25) is 5.75 Å². The Morgan fingerprint density at radius 1 is 1.36 bits per heavy atom. The van der Waals surface area contributed by atoms with Crippen LogP contribution in [0.15, 0.2) is 24.3 Å². The van der Waals surface area contributed by atoms with Gasteiger partial charge in [0.1, 0.15) is 0 Å². The van der Waals surface area contributed by atoms with Gasteiger partial charge >= 0.3 is 0 Å². The van der Waals surface area contributed by atoms with Gasteiger partial charge in [-0.15, -0.1) is 0 Å². The van der Waals surface area contributed by atoms with Crippen molar-refractivity contribution in [1.29, 1.82) is 0 Å². The Balaban J connectivity index is 2.60. The van der Waals surface area contributed by atoms with Crippen LogP contribution >= 0.6 is 0 Å². The van der Waals surface area contributed by atoms with E-state index in [1.165, 1.54) is 0 Å². The fourth-order valence-corrected chi connectivity index (χ4v) is 1.22. The number of fused-ring (bicyclic) bond motifs is 1. The largest absolute Gasteiger partial charge is 0.378 e. The monoisotopic (exact) mass is 146 g/mol. The first kappa shape index (κ1) is 6.28. The van der Waals surface area contributed by atoms with Crippen molar-refractivity contribution < 1.29 is 5.11 Å². The predicted molar refractivity (Wildman–Crippen MR) is 44.1 cm³/mol. The third-order valence-corrected chi connectivity index (χ3v) is 1.75. The van der Waals surface area contributed by atoms with Crippen molar-refractivity contribution >= 4 is 11.8 Å². The molecule has 0 aromatic heterocycles. The molecule has 2 rings (SSSR count). The minimum Gasteiger partial charge on any atom is -0.378 e. The molecule has 1 aromatic carbocycles. The van der Waals surface area contributed by atoms with Crippen LogP contribution < -0.4 is 5.32 Å². The summed E-state index contributed by atoms with van der Waals surface area (Å²) >= 11 is 0. The average Bonchev–Trinajstić information content (AvgIpc) is 2.06. The summed E-state index contributed by atoms with van der Waals surface area (Å²) in [7, 11) is 0. The Morgan fingerprint density at radius 2 is 2.27 bits per heavy atom. The van der Waals surface area contributed by atoms with Crippen LogP contribution in [0.2, 0.25) is 0 Å². The van der Waals surface area contributed by atoms with E-state index in [0.717, 1.165) is 17.8 Å². The van der Waals surface area contributed by atoms with E-state index in [2.05, 4.69) is 5.32 Å². The molecule has 55 valence electrons. The van der Waals surface area contributed by atoms with Crippen molar-refractivity contribution in [1.82, 2.24) is 0 Å². The zero-order chi connectivity index (χ0) is 7.68. The maximum Gasteiger partial charge on any atom is 0.202 e. The van der Waals surface area contributed by atoms with Crippen LogP contribution in [0.5, 0.6) is 5.75 Å². The molecule has 1 aromatic rings. The fourth-order valence-electron chi connectivity index (χ4n) is 1.22. The molecule has 1 aliphatic rings. The molecule has 1 aliphatic heterocycles. The van der Waals surface area contributed by atoms with Gasteiger partial charge in [0.05, 0.1) is 5.69 Å². The predicted octanol–water partition coefficient (Wildman–Crippen LogP) is 2.27. The molecule has 0 fully saturated rings. The maximum atomic E-state index is 11.2. The summed E-state index contributed by atoms with van der Waals surface area (Å²) in [5.41, 5.74) is 1.72. The summed E-state index contributed by atoms with van der Waals surface area (Å²) in [6, 6.07) is 5.28. The molecule has 1 radical (unpaired) electrons. The van der Waals surface area contributed by atoms with E-state index in [0.29, 0.717) is 0 Å². The standard InChI is InChI=1S/C9H8NO/c11-8-5-1-3-7-4-2-6-10-9(7)8/h1-5,10H,6H2. The summed E-state index contributed by atoms with van der Waals surface area (Å²) in [4.78, 5) is 0. The number of anilines is 1. The van der Waals surface area contributed by atoms with Crippen molar-refractivity contribution in [2.24, 2.45) is 0 Å². The molecular formula is C9H8NO. The zero-order valence-electron chi connectivity index (χ0n) is 6.00. The van der Waals surface area contributed by atoms with E-state index >= 15 is 0 Å². The zero-order valence-corrected chi connectivity index (χ0v) is 6.00. The van der Waals surface area contributed by atoms with Gasteiger partial charge in [0.25, 0.3) is 0 Å². The SMILES string of the molecule is [O]c1cccc2c1NCC=C2. The van der Waals surface area contributed by atoms with Gasteiger partial charge in [0.15, 0.2) is 0 Å². The van der Waals surface area contributed by atoms with Crippen LogP contribution in [-0.2, 0) is 5.11 Å². The maximum absolute atomic E-state index is 11.2. The molecule has 0 saturated carbocycles. The molecule has 1 N–H and O–H groups in total. The molecule has 0 unspecified atom stereocenters. The van der Waals surface area contributed by atoms with Crippen molar-refractivity contribution in [2.45, 2.75) is 0 Å². The lowest BCUT2D eigenvalue weighted by molar-refractivity contribution is 0.357. The van der Waals surface area contributed by atoms with Crippen LogP contribution in [0, 0.1) is 0 Å². The molecular weight excluding hydrogens is 138 g/mol. The molecule has 0 aliphatic carbocycles. The van der Waals surface area contributed by atoms with Gasteiger partial charge in [-0.25, -0.2) is 0 Å². The molecule has 0 atom stereocenters. The molecule has 0 bridgehead atoms. The lowest BCUT2D eigenvalue weighted by Crippen LogP contribution is -2.03. The highest BCUT2D eigenvalue weighted by Crippen LogP contribution is 2.30. The van der Waals surface area contributed by atoms with E-state index < -0.39 is 0 Å². The summed E-state index contributed by atoms with van der Waals surface area (Å²) in [6.45, 7) is 0.756. The number of para-hydroxylation sites is 1. The number of benzene rings is 1. The summed E-state index contributed by atoms with van der Waals surface area (Å²) in [6.07, 6.45) is 3.97. The Morgan fingerprint density at radius 3 is 3.09 bits per heavy atom. The van der Waals surface area contributed by atoms with E-state index in [1.807, 2.05) is 18.2 Å². The van der Waals surface area contributed by atoms with Crippen molar-refractivity contribution in [3.05, 3.63) is 29.8 Å². The third kappa shape index (κ3) is 0.963. The van der Waals surface area contributed by atoms with Crippen molar-refractivity contribution in [3.63, 3.8) is 0 Å². The second-order valence-corrected chi connectivity index (χ2v) is 2.50. The minimum absolute atomic E-state index is 0.0758. The summed E-state index contributed by atoms with van der Waals surface area (Å²) < 4.78 is 0. The van der Waals surface area contributed by atoms with Gasteiger partial charge in [-0.2, -0.15) is 0 Å². The van der Waals surface area contributed by atoms with E-state index in [9.17, 15) is 5.11 Å². The second-order valence-electron chi connectivity index (χ2n) is 2.50. The second kappa shape index (κ2) is 2.31. The van der Waals surface area contributed by atoms with Crippen LogP contribution in [0.4, 0.5) is 5.69 Å². The van der Waals surface area contributed by atoms with Crippen LogP contribution in [0.1, 0.15) is 5.56 Å². The minimum atomic E-state index is 0.0758. The molecule has 2 heteroatoms. The van der Waals surface area contributed by atoms with Crippen LogP contribution in [0.3, 0.4) is 0 Å². The van der Waals surface area contributed by atoms with E-state index in [4.69, 9.17) is 0 Å². The summed E-state index contributed by atoms with van der Waals surface area (Å²) in [5, 5.41) is 14.2.